The van der Waals surface area contributed by atoms with E-state index in [2.05, 4.69) is 83.5 Å². The summed E-state index contributed by atoms with van der Waals surface area (Å²) in [5.74, 6) is 0. The van der Waals surface area contributed by atoms with Crippen LogP contribution in [0.15, 0.2) is 60.7 Å². The molecule has 0 aliphatic heterocycles. The van der Waals surface area contributed by atoms with Crippen LogP contribution < -0.4 is 0 Å². The molecular formula is C21H20Cl2Hf. The Balaban J connectivity index is 1.94. The molecule has 2 aromatic carbocycles. The molecule has 2 aromatic rings. The molecule has 0 heterocycles. The first-order chi connectivity index (χ1) is 11.5. The van der Waals surface area contributed by atoms with Gasteiger partial charge in [-0.05, 0) is 0 Å². The molecule has 0 radical (unpaired) electrons. The summed E-state index contributed by atoms with van der Waals surface area (Å²) in [6.45, 7) is 2.15. The summed E-state index contributed by atoms with van der Waals surface area (Å²) in [5.41, 5.74) is 5.10. The zero-order chi connectivity index (χ0) is 16.8. The number of allylic oxidation sites excluding steroid dienone is 2. The van der Waals surface area contributed by atoms with Gasteiger partial charge in [0.05, 0.1) is 0 Å². The first-order valence-electron chi connectivity index (χ1n) is 8.50. The van der Waals surface area contributed by atoms with Gasteiger partial charge in [-0.25, -0.2) is 0 Å². The minimum atomic E-state index is -4.47. The zero-order valence-electron chi connectivity index (χ0n) is 13.6. The summed E-state index contributed by atoms with van der Waals surface area (Å²) >= 11 is -4.47. The van der Waals surface area contributed by atoms with Crippen LogP contribution in [0, 0.1) is 0 Å². The number of rotatable bonds is 3. The molecule has 3 heteroatoms. The van der Waals surface area contributed by atoms with Crippen molar-refractivity contribution in [2.24, 2.45) is 0 Å². The van der Waals surface area contributed by atoms with Crippen molar-refractivity contribution in [1.29, 1.82) is 0 Å². The average molecular weight is 522 g/mol. The van der Waals surface area contributed by atoms with Crippen molar-refractivity contribution in [3.8, 4) is 0 Å². The molecule has 2 aliphatic rings. The van der Waals surface area contributed by atoms with Gasteiger partial charge in [0.1, 0.15) is 0 Å². The third-order valence-electron chi connectivity index (χ3n) is 5.38. The average Bonchev–Trinajstić information content (AvgIpc) is 3.20. The van der Waals surface area contributed by atoms with Crippen molar-refractivity contribution in [1.82, 2.24) is 0 Å². The van der Waals surface area contributed by atoms with Crippen LogP contribution in [0.2, 0.25) is 0 Å². The number of hydrogen-bond donors (Lipinski definition) is 0. The van der Waals surface area contributed by atoms with E-state index in [1.54, 1.807) is 0 Å². The molecule has 0 spiro atoms. The van der Waals surface area contributed by atoms with E-state index in [1.165, 1.54) is 22.3 Å². The summed E-state index contributed by atoms with van der Waals surface area (Å²) in [5, 5.41) is 0. The second kappa shape index (κ2) is 5.90. The Morgan fingerprint density at radius 1 is 0.833 bits per heavy atom. The van der Waals surface area contributed by atoms with Crippen molar-refractivity contribution in [3.05, 3.63) is 82.9 Å². The third kappa shape index (κ3) is 2.40. The van der Waals surface area contributed by atoms with E-state index >= 15 is 0 Å². The first kappa shape index (κ1) is 16.7. The maximum atomic E-state index is 7.59. The summed E-state index contributed by atoms with van der Waals surface area (Å²) in [7, 11) is 15.2. The third-order valence-corrected chi connectivity index (χ3v) is 32.0. The van der Waals surface area contributed by atoms with Crippen LogP contribution in [0.3, 0.4) is 0 Å². The molecule has 0 nitrogen and oxygen atoms in total. The first-order valence-corrected chi connectivity index (χ1v) is 23.6. The van der Waals surface area contributed by atoms with Gasteiger partial charge < -0.3 is 0 Å². The summed E-state index contributed by atoms with van der Waals surface area (Å²) in [4.78, 5) is 0. The van der Waals surface area contributed by atoms with E-state index in [1.807, 2.05) is 0 Å². The Morgan fingerprint density at radius 3 is 1.75 bits per heavy atom. The number of halogens is 2. The quantitative estimate of drug-likeness (QED) is 0.393. The topological polar surface area (TPSA) is 0 Å². The summed E-state index contributed by atoms with van der Waals surface area (Å²) < 4.78 is 2.58. The van der Waals surface area contributed by atoms with E-state index in [4.69, 9.17) is 17.2 Å². The molecule has 0 saturated carbocycles. The van der Waals surface area contributed by atoms with Gasteiger partial charge in [0, 0.05) is 0 Å². The Hall–Kier alpha value is -0.760. The van der Waals surface area contributed by atoms with Crippen molar-refractivity contribution < 1.29 is 15.7 Å². The van der Waals surface area contributed by atoms with Crippen LogP contribution >= 0.6 is 17.2 Å². The second-order valence-electron chi connectivity index (χ2n) is 6.77. The molecule has 0 fully saturated rings. The molecule has 2 atom stereocenters. The van der Waals surface area contributed by atoms with Crippen LogP contribution in [-0.2, 0) is 15.7 Å². The summed E-state index contributed by atoms with van der Waals surface area (Å²) in [6, 6.07) is 17.0. The van der Waals surface area contributed by atoms with Gasteiger partial charge in [-0.3, -0.25) is 0 Å². The Morgan fingerprint density at radius 2 is 1.29 bits per heavy atom. The Labute approximate surface area is 151 Å². The predicted molar refractivity (Wildman–Crippen MR) is 104 cm³/mol. The van der Waals surface area contributed by atoms with Crippen LogP contribution in [0.5, 0.6) is 0 Å². The molecule has 2 unspecified atom stereocenters. The number of fused-ring (bicyclic) bond motifs is 2. The normalized spacial score (nSPS) is 21.7. The fraction of sp³-hybridized carbons (Fsp3) is 0.190. The molecule has 0 saturated heterocycles. The molecule has 4 rings (SSSR count). The molecule has 0 amide bonds. The molecule has 2 aliphatic carbocycles. The SMILES string of the molecule is CC[CH]=[Hf]([Cl])([Cl])([CH]1C=Cc2ccccc21)[CH]1C=Cc2ccccc21. The van der Waals surface area contributed by atoms with E-state index in [9.17, 15) is 0 Å². The molecule has 0 bridgehead atoms. The predicted octanol–water partition coefficient (Wildman–Crippen LogP) is 6.73. The summed E-state index contributed by atoms with van der Waals surface area (Å²) in [6.07, 6.45) is 9.79. The van der Waals surface area contributed by atoms with E-state index in [0.29, 0.717) is 0 Å². The van der Waals surface area contributed by atoms with Crippen molar-refractivity contribution in [2.75, 3.05) is 0 Å². The second-order valence-corrected chi connectivity index (χ2v) is 36.9. The van der Waals surface area contributed by atoms with Crippen molar-refractivity contribution in [2.45, 2.75) is 20.7 Å². The Bertz CT molecular complexity index is 863. The van der Waals surface area contributed by atoms with Gasteiger partial charge in [0.15, 0.2) is 0 Å². The van der Waals surface area contributed by atoms with Crippen LogP contribution in [0.25, 0.3) is 12.2 Å². The van der Waals surface area contributed by atoms with Crippen LogP contribution in [0.4, 0.5) is 0 Å². The van der Waals surface area contributed by atoms with E-state index in [0.717, 1.165) is 6.42 Å². The van der Waals surface area contributed by atoms with E-state index in [-0.39, 0.29) is 7.35 Å². The fourth-order valence-electron chi connectivity index (χ4n) is 4.30. The zero-order valence-corrected chi connectivity index (χ0v) is 18.7. The Kier molecular flexibility index (Phi) is 4.10. The number of hydrogen-bond acceptors (Lipinski definition) is 0. The van der Waals surface area contributed by atoms with Gasteiger partial charge in [-0.2, -0.15) is 0 Å². The fourth-order valence-corrected chi connectivity index (χ4v) is 28.6. The van der Waals surface area contributed by atoms with Gasteiger partial charge >= 0.3 is 152 Å². The minimum absolute atomic E-state index is 0.141. The van der Waals surface area contributed by atoms with Crippen molar-refractivity contribution >= 4 is 33.1 Å². The van der Waals surface area contributed by atoms with Crippen LogP contribution in [0.1, 0.15) is 42.9 Å². The monoisotopic (exact) mass is 522 g/mol. The van der Waals surface area contributed by atoms with Crippen LogP contribution in [-0.4, -0.2) is 3.76 Å². The van der Waals surface area contributed by atoms with Crippen molar-refractivity contribution in [3.63, 3.8) is 0 Å². The van der Waals surface area contributed by atoms with Gasteiger partial charge in [-0.1, -0.05) is 0 Å². The molecule has 0 aromatic heterocycles. The van der Waals surface area contributed by atoms with E-state index < -0.39 is 15.7 Å². The number of benzene rings is 2. The maximum absolute atomic E-state index is 7.59. The van der Waals surface area contributed by atoms with Gasteiger partial charge in [-0.15, -0.1) is 0 Å². The molecule has 24 heavy (non-hydrogen) atoms. The van der Waals surface area contributed by atoms with Gasteiger partial charge in [0.2, 0.25) is 0 Å². The standard InChI is InChI=1S/2C9H7.C3H6.2ClH.Hf/c2*1-2-5-9-7-3-6-8(9)4-1;1-3-2;;;/h2*1-7H;1H,3H2,2H3;2*1H;/q;;;;;+2/p-2. The molecule has 122 valence electrons. The molecule has 0 N–H and O–H groups in total. The van der Waals surface area contributed by atoms with Gasteiger partial charge in [0.25, 0.3) is 0 Å². The molecular weight excluding hydrogens is 502 g/mol.